The number of anilines is 1. The predicted octanol–water partition coefficient (Wildman–Crippen LogP) is 0.137. The van der Waals surface area contributed by atoms with Gasteiger partial charge in [0, 0.05) is 18.6 Å². The number of hydrogen-bond acceptors (Lipinski definition) is 11. The molecule has 0 bridgehead atoms. The van der Waals surface area contributed by atoms with E-state index >= 15 is 0 Å². The average Bonchev–Trinajstić information content (AvgIpc) is 3.36. The van der Waals surface area contributed by atoms with Crippen molar-refractivity contribution in [1.29, 1.82) is 0 Å². The molecule has 1 aliphatic heterocycles. The summed E-state index contributed by atoms with van der Waals surface area (Å²) in [4.78, 5) is 34.6. The van der Waals surface area contributed by atoms with Crippen molar-refractivity contribution in [3.63, 3.8) is 0 Å². The maximum Gasteiger partial charge on any atom is 0.412 e. The normalized spacial score (nSPS) is 22.4. The largest absolute Gasteiger partial charge is 0.449 e. The van der Waals surface area contributed by atoms with Crippen LogP contribution in [0.25, 0.3) is 11.2 Å². The summed E-state index contributed by atoms with van der Waals surface area (Å²) in [5.41, 5.74) is 1.15. The number of nitrogens with zero attached hydrogens (tertiary/aromatic N) is 5. The molecule has 0 saturated carbocycles. The molecule has 0 radical (unpaired) electrons. The van der Waals surface area contributed by atoms with Crippen LogP contribution in [-0.4, -0.2) is 77.4 Å². The topological polar surface area (TPSA) is 195 Å². The van der Waals surface area contributed by atoms with Gasteiger partial charge >= 0.3 is 6.09 Å². The van der Waals surface area contributed by atoms with E-state index in [9.17, 15) is 30.2 Å². The first-order chi connectivity index (χ1) is 15.9. The Balaban J connectivity index is 1.40. The standard InChI is InChI=1S/C19H20N6O8/c26-7-12-14(27)15(28)18(33-12)24-9-22-13-16(20-8-21-17(13)24)23-19(29)32-6-5-10-1-3-11(4-2-10)25(30)31/h1-4,8-9,12,14-15,18,26-28H,5-7H2,(H,20,21,23,29). The number of fused-ring (bicyclic) bond motifs is 1. The summed E-state index contributed by atoms with van der Waals surface area (Å²) >= 11 is 0. The minimum atomic E-state index is -1.32. The first-order valence-electron chi connectivity index (χ1n) is 9.86. The number of ether oxygens (including phenoxy) is 2. The van der Waals surface area contributed by atoms with Crippen LogP contribution in [0.1, 0.15) is 11.8 Å². The molecule has 4 rings (SSSR count). The number of aromatic nitrogens is 4. The zero-order valence-electron chi connectivity index (χ0n) is 17.0. The number of hydrogen-bond donors (Lipinski definition) is 4. The van der Waals surface area contributed by atoms with Crippen LogP contribution in [0, 0.1) is 10.1 Å². The second-order valence-electron chi connectivity index (χ2n) is 7.21. The van der Waals surface area contributed by atoms with Gasteiger partial charge in [0.05, 0.1) is 24.5 Å². The Bertz CT molecular complexity index is 1150. The molecule has 174 valence electrons. The summed E-state index contributed by atoms with van der Waals surface area (Å²) < 4.78 is 12.0. The van der Waals surface area contributed by atoms with Crippen LogP contribution in [0.15, 0.2) is 36.9 Å². The third-order valence-corrected chi connectivity index (χ3v) is 5.14. The maximum atomic E-state index is 12.2. The van der Waals surface area contributed by atoms with E-state index in [-0.39, 0.29) is 29.3 Å². The van der Waals surface area contributed by atoms with Gasteiger partial charge in [-0.1, -0.05) is 12.1 Å². The number of aliphatic hydroxyl groups is 3. The van der Waals surface area contributed by atoms with E-state index in [2.05, 4.69) is 20.3 Å². The van der Waals surface area contributed by atoms with E-state index in [1.54, 1.807) is 12.1 Å². The van der Waals surface area contributed by atoms with Gasteiger partial charge in [0.1, 0.15) is 24.6 Å². The van der Waals surface area contributed by atoms with Gasteiger partial charge in [-0.2, -0.15) is 0 Å². The number of benzene rings is 1. The molecule has 1 aromatic carbocycles. The fourth-order valence-corrected chi connectivity index (χ4v) is 3.42. The van der Waals surface area contributed by atoms with Crippen molar-refractivity contribution in [2.45, 2.75) is 31.0 Å². The summed E-state index contributed by atoms with van der Waals surface area (Å²) in [5, 5.41) is 42.6. The molecule has 14 nitrogen and oxygen atoms in total. The van der Waals surface area contributed by atoms with Crippen molar-refractivity contribution in [2.24, 2.45) is 0 Å². The van der Waals surface area contributed by atoms with Crippen LogP contribution in [0.3, 0.4) is 0 Å². The molecule has 0 aliphatic carbocycles. The molecule has 2 aromatic heterocycles. The summed E-state index contributed by atoms with van der Waals surface area (Å²) in [5.74, 6) is 0.0610. The van der Waals surface area contributed by atoms with E-state index in [1.165, 1.54) is 29.4 Å². The lowest BCUT2D eigenvalue weighted by molar-refractivity contribution is -0.384. The van der Waals surface area contributed by atoms with Crippen LogP contribution in [0.2, 0.25) is 0 Å². The highest BCUT2D eigenvalue weighted by molar-refractivity contribution is 5.93. The van der Waals surface area contributed by atoms with Gasteiger partial charge in [0.25, 0.3) is 5.69 Å². The smallest absolute Gasteiger partial charge is 0.412 e. The number of non-ortho nitro benzene ring substituents is 1. The van der Waals surface area contributed by atoms with Crippen LogP contribution in [0.5, 0.6) is 0 Å². The molecule has 3 heterocycles. The van der Waals surface area contributed by atoms with Crippen molar-refractivity contribution in [1.82, 2.24) is 19.5 Å². The van der Waals surface area contributed by atoms with Gasteiger partial charge in [0.2, 0.25) is 0 Å². The number of carbonyl (C=O) groups excluding carboxylic acids is 1. The van der Waals surface area contributed by atoms with Crippen molar-refractivity contribution in [3.05, 3.63) is 52.6 Å². The number of carbonyl (C=O) groups is 1. The van der Waals surface area contributed by atoms with E-state index in [1.807, 2.05) is 0 Å². The zero-order valence-corrected chi connectivity index (χ0v) is 17.0. The summed E-state index contributed by atoms with van der Waals surface area (Å²) in [7, 11) is 0. The number of nitrogens with one attached hydrogen (secondary N) is 1. The molecule has 4 unspecified atom stereocenters. The fourth-order valence-electron chi connectivity index (χ4n) is 3.42. The molecule has 1 saturated heterocycles. The van der Waals surface area contributed by atoms with Gasteiger partial charge in [0.15, 0.2) is 23.2 Å². The molecule has 4 N–H and O–H groups in total. The Morgan fingerprint density at radius 3 is 2.64 bits per heavy atom. The van der Waals surface area contributed by atoms with Gasteiger partial charge in [-0.15, -0.1) is 0 Å². The third kappa shape index (κ3) is 4.58. The van der Waals surface area contributed by atoms with Gasteiger partial charge in [-0.3, -0.25) is 20.0 Å². The highest BCUT2D eigenvalue weighted by Gasteiger charge is 2.44. The molecule has 4 atom stereocenters. The summed E-state index contributed by atoms with van der Waals surface area (Å²) in [6, 6.07) is 5.90. The molecule has 3 aromatic rings. The molecule has 1 aliphatic rings. The van der Waals surface area contributed by atoms with Gasteiger partial charge in [-0.05, 0) is 5.56 Å². The van der Waals surface area contributed by atoms with Crippen molar-refractivity contribution >= 4 is 28.8 Å². The molecule has 1 fully saturated rings. The number of nitro groups is 1. The minimum absolute atomic E-state index is 0.0227. The Morgan fingerprint density at radius 2 is 1.97 bits per heavy atom. The fraction of sp³-hybridized carbons (Fsp3) is 0.368. The van der Waals surface area contributed by atoms with E-state index in [4.69, 9.17) is 9.47 Å². The monoisotopic (exact) mass is 460 g/mol. The van der Waals surface area contributed by atoms with E-state index in [0.29, 0.717) is 6.42 Å². The Hall–Kier alpha value is -3.72. The Kier molecular flexibility index (Phi) is 6.41. The molecule has 0 spiro atoms. The first kappa shape index (κ1) is 22.5. The van der Waals surface area contributed by atoms with E-state index < -0.39 is 42.2 Å². The average molecular weight is 460 g/mol. The lowest BCUT2D eigenvalue weighted by Crippen LogP contribution is -2.33. The number of imidazole rings is 1. The van der Waals surface area contributed by atoms with Crippen molar-refractivity contribution < 1.29 is 34.5 Å². The summed E-state index contributed by atoms with van der Waals surface area (Å²) in [6.45, 7) is -0.455. The predicted molar refractivity (Wildman–Crippen MR) is 110 cm³/mol. The number of rotatable bonds is 7. The zero-order chi connectivity index (χ0) is 23.5. The van der Waals surface area contributed by atoms with Crippen molar-refractivity contribution in [2.75, 3.05) is 18.5 Å². The third-order valence-electron chi connectivity index (χ3n) is 5.14. The highest BCUT2D eigenvalue weighted by Crippen LogP contribution is 2.32. The minimum Gasteiger partial charge on any atom is -0.449 e. The lowest BCUT2D eigenvalue weighted by atomic mass is 10.1. The summed E-state index contributed by atoms with van der Waals surface area (Å²) in [6.07, 6.45) is -2.58. The quantitative estimate of drug-likeness (QED) is 0.276. The second kappa shape index (κ2) is 9.41. The Morgan fingerprint density at radius 1 is 1.21 bits per heavy atom. The number of aliphatic hydroxyl groups excluding tert-OH is 3. The SMILES string of the molecule is O=C(Nc1ncnc2c1ncn2C1OC(CO)C(O)C1O)OCCc1ccc([N+](=O)[O-])cc1. The van der Waals surface area contributed by atoms with Crippen LogP contribution in [0.4, 0.5) is 16.3 Å². The maximum absolute atomic E-state index is 12.2. The molecular formula is C19H20N6O8. The molecular weight excluding hydrogens is 440 g/mol. The van der Waals surface area contributed by atoms with E-state index in [0.717, 1.165) is 5.56 Å². The van der Waals surface area contributed by atoms with Gasteiger partial charge in [-0.25, -0.2) is 19.7 Å². The molecule has 1 amide bonds. The van der Waals surface area contributed by atoms with Crippen LogP contribution in [-0.2, 0) is 15.9 Å². The van der Waals surface area contributed by atoms with Gasteiger partial charge < -0.3 is 24.8 Å². The highest BCUT2D eigenvalue weighted by atomic mass is 16.6. The van der Waals surface area contributed by atoms with Crippen LogP contribution >= 0.6 is 0 Å². The second-order valence-corrected chi connectivity index (χ2v) is 7.21. The molecule has 33 heavy (non-hydrogen) atoms. The first-order valence-corrected chi connectivity index (χ1v) is 9.86. The lowest BCUT2D eigenvalue weighted by Gasteiger charge is -2.16. The van der Waals surface area contributed by atoms with Crippen molar-refractivity contribution in [3.8, 4) is 0 Å². The Labute approximate surface area is 185 Å². The molecule has 14 heteroatoms. The number of nitro benzene ring substituents is 1. The number of amides is 1. The van der Waals surface area contributed by atoms with Crippen LogP contribution < -0.4 is 5.32 Å².